The number of halogens is 3. The number of methoxy groups -OCH3 is 1. The van der Waals surface area contributed by atoms with Crippen LogP contribution >= 0.6 is 11.3 Å². The zero-order chi connectivity index (χ0) is 27.0. The van der Waals surface area contributed by atoms with Gasteiger partial charge in [0, 0.05) is 18.2 Å². The van der Waals surface area contributed by atoms with Gasteiger partial charge in [0.25, 0.3) is 0 Å². The lowest BCUT2D eigenvalue weighted by molar-refractivity contribution is 0.301. The van der Waals surface area contributed by atoms with Crippen molar-refractivity contribution in [3.8, 4) is 22.2 Å². The first-order valence-electron chi connectivity index (χ1n) is 11.1. The molecule has 0 spiro atoms. The van der Waals surface area contributed by atoms with Gasteiger partial charge in [0.15, 0.2) is 11.6 Å². The number of aromatic nitrogens is 3. The molecule has 0 aliphatic rings. The molecule has 0 fully saturated rings. The number of benzene rings is 3. The quantitative estimate of drug-likeness (QED) is 0.267. The fraction of sp³-hybridized carbons (Fsp3) is 0.160. The van der Waals surface area contributed by atoms with Crippen LogP contribution in [-0.2, 0) is 10.0 Å². The number of fused-ring (bicyclic) bond motifs is 2. The van der Waals surface area contributed by atoms with E-state index in [1.54, 1.807) is 0 Å². The summed E-state index contributed by atoms with van der Waals surface area (Å²) in [5.41, 5.74) is 2.39. The highest BCUT2D eigenvalue weighted by molar-refractivity contribution is 7.89. The zero-order valence-corrected chi connectivity index (χ0v) is 21.6. The minimum Gasteiger partial charge on any atom is -0.489 e. The molecule has 0 aliphatic heterocycles. The van der Waals surface area contributed by atoms with E-state index in [0.717, 1.165) is 29.0 Å². The Balaban J connectivity index is 1.39. The second-order valence-electron chi connectivity index (χ2n) is 8.16. The molecular weight excluding hydrogens is 541 g/mol. The maximum Gasteiger partial charge on any atom is 0.240 e. The van der Waals surface area contributed by atoms with Crippen molar-refractivity contribution in [1.29, 1.82) is 0 Å². The topological polar surface area (TPSA) is 103 Å². The molecule has 0 amide bonds. The minimum absolute atomic E-state index is 0.169. The molecule has 1 N–H and O–H groups in total. The van der Waals surface area contributed by atoms with Crippen LogP contribution in [-0.4, -0.2) is 43.6 Å². The molecule has 0 bridgehead atoms. The van der Waals surface area contributed by atoms with E-state index < -0.39 is 33.2 Å². The molecule has 0 aliphatic carbocycles. The monoisotopic (exact) mass is 560 g/mol. The van der Waals surface area contributed by atoms with E-state index in [0.29, 0.717) is 32.2 Å². The van der Waals surface area contributed by atoms with E-state index in [2.05, 4.69) is 19.7 Å². The van der Waals surface area contributed by atoms with Crippen molar-refractivity contribution < 1.29 is 31.1 Å². The summed E-state index contributed by atoms with van der Waals surface area (Å²) in [4.78, 5) is 12.8. The van der Waals surface area contributed by atoms with Gasteiger partial charge in [-0.2, -0.15) is 4.39 Å². The summed E-state index contributed by atoms with van der Waals surface area (Å²) in [5, 5.41) is 0.409. The van der Waals surface area contributed by atoms with Crippen molar-refractivity contribution in [2.24, 2.45) is 0 Å². The Morgan fingerprint density at radius 3 is 2.61 bits per heavy atom. The fourth-order valence-electron chi connectivity index (χ4n) is 3.77. The third-order valence-corrected chi connectivity index (χ3v) is 7.99. The Labute approximate surface area is 219 Å². The highest BCUT2D eigenvalue weighted by Gasteiger charge is 2.21. The lowest BCUT2D eigenvalue weighted by Crippen LogP contribution is -2.28. The van der Waals surface area contributed by atoms with E-state index in [9.17, 15) is 21.6 Å². The van der Waals surface area contributed by atoms with Gasteiger partial charge < -0.3 is 9.47 Å². The van der Waals surface area contributed by atoms with Gasteiger partial charge in [0.05, 0.1) is 33.9 Å². The van der Waals surface area contributed by atoms with Gasteiger partial charge in [0.1, 0.15) is 22.9 Å². The number of ether oxygens (including phenoxy) is 2. The Morgan fingerprint density at radius 2 is 1.84 bits per heavy atom. The zero-order valence-electron chi connectivity index (χ0n) is 20.0. The highest BCUT2D eigenvalue weighted by Crippen LogP contribution is 2.38. The average Bonchev–Trinajstić information content (AvgIpc) is 3.32. The minimum atomic E-state index is -4.01. The van der Waals surface area contributed by atoms with Gasteiger partial charge in [-0.05, 0) is 42.8 Å². The fourth-order valence-corrected chi connectivity index (χ4v) is 5.82. The van der Waals surface area contributed by atoms with Crippen molar-refractivity contribution >= 4 is 42.6 Å². The van der Waals surface area contributed by atoms with Crippen LogP contribution in [0.15, 0.2) is 53.6 Å². The van der Waals surface area contributed by atoms with Crippen molar-refractivity contribution in [2.75, 3.05) is 20.3 Å². The Morgan fingerprint density at radius 1 is 1.03 bits per heavy atom. The third kappa shape index (κ3) is 4.99. The lowest BCUT2D eigenvalue weighted by atomic mass is 10.1. The van der Waals surface area contributed by atoms with Crippen molar-refractivity contribution in [3.63, 3.8) is 0 Å². The van der Waals surface area contributed by atoms with Crippen molar-refractivity contribution in [1.82, 2.24) is 19.7 Å². The van der Waals surface area contributed by atoms with Crippen LogP contribution in [0.4, 0.5) is 13.2 Å². The molecule has 2 aromatic heterocycles. The molecule has 0 radical (unpaired) electrons. The first-order chi connectivity index (χ1) is 18.2. The number of rotatable bonds is 8. The molecule has 2 heterocycles. The van der Waals surface area contributed by atoms with E-state index in [1.807, 2.05) is 19.1 Å². The largest absolute Gasteiger partial charge is 0.489 e. The van der Waals surface area contributed by atoms with Crippen molar-refractivity contribution in [3.05, 3.63) is 71.7 Å². The van der Waals surface area contributed by atoms with E-state index >= 15 is 0 Å². The van der Waals surface area contributed by atoms with Gasteiger partial charge in [-0.25, -0.2) is 36.9 Å². The van der Waals surface area contributed by atoms with Gasteiger partial charge in [-0.15, -0.1) is 11.3 Å². The summed E-state index contributed by atoms with van der Waals surface area (Å²) >= 11 is 1.12. The van der Waals surface area contributed by atoms with E-state index in [-0.39, 0.29) is 23.6 Å². The van der Waals surface area contributed by atoms with Gasteiger partial charge >= 0.3 is 0 Å². The van der Waals surface area contributed by atoms with Crippen molar-refractivity contribution in [2.45, 2.75) is 11.8 Å². The Bertz CT molecular complexity index is 1800. The molecule has 196 valence electrons. The number of thiazole rings is 1. The molecule has 0 unspecified atom stereocenters. The molecule has 5 aromatic rings. The van der Waals surface area contributed by atoms with E-state index in [4.69, 9.17) is 9.47 Å². The van der Waals surface area contributed by atoms with Gasteiger partial charge in [0.2, 0.25) is 21.7 Å². The second-order valence-corrected chi connectivity index (χ2v) is 11.0. The molecular formula is C25H19F3N4O4S2. The SMILES string of the molecule is COc1cnc2c(-c3nc4c(F)c(F)c(OCCNS(=O)(=O)c5cccc(F)c5)cc4s3)cc(C)cc2n1. The summed E-state index contributed by atoms with van der Waals surface area (Å²) in [5.74, 6) is -3.20. The lowest BCUT2D eigenvalue weighted by Gasteiger charge is -2.10. The van der Waals surface area contributed by atoms with Crippen LogP contribution in [0.2, 0.25) is 0 Å². The number of sulfonamides is 1. The van der Waals surface area contributed by atoms with Crippen LogP contribution in [0.5, 0.6) is 11.6 Å². The summed E-state index contributed by atoms with van der Waals surface area (Å²) in [6.07, 6.45) is 1.46. The predicted octanol–water partition coefficient (Wildman–Crippen LogP) is 5.00. The average molecular weight is 561 g/mol. The maximum atomic E-state index is 14.9. The number of hydrogen-bond donors (Lipinski definition) is 1. The standard InChI is InChI=1S/C25H19F3N4O4S2/c1-13-8-16(23-17(9-13)31-20(35-2)12-29-23)25-32-24-19(37-25)11-18(21(27)22(24)28)36-7-6-30-38(33,34)15-5-3-4-14(26)10-15/h3-5,8-12,30H,6-7H2,1-2H3. The summed E-state index contributed by atoms with van der Waals surface area (Å²) < 4.78 is 80.7. The number of aryl methyl sites for hydroxylation is 1. The summed E-state index contributed by atoms with van der Waals surface area (Å²) in [6, 6.07) is 9.45. The van der Waals surface area contributed by atoms with Gasteiger partial charge in [-0.3, -0.25) is 0 Å². The van der Waals surface area contributed by atoms with Crippen LogP contribution in [0.3, 0.4) is 0 Å². The molecule has 38 heavy (non-hydrogen) atoms. The van der Waals surface area contributed by atoms with Crippen LogP contribution in [0.25, 0.3) is 31.8 Å². The molecule has 3 aromatic carbocycles. The number of hydrogen-bond acceptors (Lipinski definition) is 8. The Kier molecular flexibility index (Phi) is 6.90. The number of nitrogens with one attached hydrogen (secondary N) is 1. The molecule has 5 rings (SSSR count). The van der Waals surface area contributed by atoms with Crippen LogP contribution in [0.1, 0.15) is 5.56 Å². The molecule has 8 nitrogen and oxygen atoms in total. The van der Waals surface area contributed by atoms with Crippen LogP contribution < -0.4 is 14.2 Å². The second kappa shape index (κ2) is 10.2. The van der Waals surface area contributed by atoms with Crippen LogP contribution in [0, 0.1) is 24.4 Å². The smallest absolute Gasteiger partial charge is 0.240 e. The first-order valence-corrected chi connectivity index (χ1v) is 13.4. The normalized spacial score (nSPS) is 11.8. The predicted molar refractivity (Wildman–Crippen MR) is 136 cm³/mol. The van der Waals surface area contributed by atoms with Gasteiger partial charge in [-0.1, -0.05) is 6.07 Å². The molecule has 13 heteroatoms. The summed E-state index contributed by atoms with van der Waals surface area (Å²) in [6.45, 7) is 1.30. The molecule has 0 saturated carbocycles. The third-order valence-electron chi connectivity index (χ3n) is 5.50. The molecule has 0 saturated heterocycles. The van der Waals surface area contributed by atoms with E-state index in [1.165, 1.54) is 31.5 Å². The Hall–Kier alpha value is -3.81. The summed E-state index contributed by atoms with van der Waals surface area (Å²) in [7, 11) is -2.53. The molecule has 0 atom stereocenters. The highest BCUT2D eigenvalue weighted by atomic mass is 32.2. The maximum absolute atomic E-state index is 14.9. The first kappa shape index (κ1) is 25.8. The number of nitrogens with zero attached hydrogens (tertiary/aromatic N) is 3.